The van der Waals surface area contributed by atoms with Crippen molar-refractivity contribution >= 4 is 0 Å². The van der Waals surface area contributed by atoms with Crippen LogP contribution in [-0.4, -0.2) is 4.57 Å². The van der Waals surface area contributed by atoms with E-state index in [0.29, 0.717) is 0 Å². The van der Waals surface area contributed by atoms with Crippen LogP contribution < -0.4 is 4.57 Å². The van der Waals surface area contributed by atoms with Crippen LogP contribution in [0.3, 0.4) is 0 Å². The maximum Gasteiger partial charge on any atom is 0.268 e. The van der Waals surface area contributed by atoms with Gasteiger partial charge >= 0.3 is 0 Å². The molecule has 0 amide bonds. The molecule has 2 nitrogen and oxygen atoms in total. The van der Waals surface area contributed by atoms with Crippen LogP contribution in [-0.2, 0) is 12.8 Å². The molecule has 0 unspecified atom stereocenters. The molecule has 0 radical (unpaired) electrons. The van der Waals surface area contributed by atoms with Gasteiger partial charge in [0.15, 0.2) is 0 Å². The Morgan fingerprint density at radius 1 is 0.282 bits per heavy atom. The van der Waals surface area contributed by atoms with Crippen LogP contribution in [0.4, 0.5) is 0 Å². The van der Waals surface area contributed by atoms with E-state index in [1.807, 2.05) is 72.8 Å². The van der Waals surface area contributed by atoms with Gasteiger partial charge in [-0.05, 0) is 90.7 Å². The van der Waals surface area contributed by atoms with E-state index >= 15 is 0 Å². The van der Waals surface area contributed by atoms with Crippen molar-refractivity contribution in [2.24, 2.45) is 0 Å². The Balaban J connectivity index is 0.000000560. The largest absolute Gasteiger partial charge is 0.298 e. The highest BCUT2D eigenvalue weighted by molar-refractivity contribution is 5.64. The third-order valence-corrected chi connectivity index (χ3v) is 16.0. The second-order valence-corrected chi connectivity index (χ2v) is 21.4. The van der Waals surface area contributed by atoms with Crippen LogP contribution in [0, 0.1) is 6.33 Å². The average molecular weight is 1100 g/mol. The fraction of sp³-hybridized carbons (Fsp3) is 0.0964. The fourth-order valence-electron chi connectivity index (χ4n) is 12.0. The second-order valence-electron chi connectivity index (χ2n) is 21.4. The van der Waals surface area contributed by atoms with Crippen LogP contribution in [0.5, 0.6) is 0 Å². The Labute approximate surface area is 504 Å². The van der Waals surface area contributed by atoms with Crippen molar-refractivity contribution in [3.05, 3.63) is 436 Å². The van der Waals surface area contributed by atoms with Gasteiger partial charge in [-0.2, -0.15) is 0 Å². The van der Waals surface area contributed by atoms with Gasteiger partial charge in [-0.15, -0.1) is 0 Å². The van der Waals surface area contributed by atoms with E-state index in [9.17, 15) is 0 Å². The lowest BCUT2D eigenvalue weighted by atomic mass is 9.77. The minimum absolute atomic E-state index is 0.0739. The van der Waals surface area contributed by atoms with Crippen molar-refractivity contribution in [2.75, 3.05) is 0 Å². The molecule has 0 aliphatic heterocycles. The number of hydrogen-bond donors (Lipinski definition) is 0. The molecule has 0 bridgehead atoms. The van der Waals surface area contributed by atoms with Crippen molar-refractivity contribution in [2.45, 2.75) is 50.4 Å². The molecule has 12 aromatic carbocycles. The first-order valence-electron chi connectivity index (χ1n) is 29.9. The number of imidazole rings is 1. The SMILES string of the molecule is CCc1cc(C(c2ccccc2)c2ccccc2)c(-n2[c-][n+](-c3c(C(c4ccccc4)c4ccccc4)cc(CC)cc3C(c3ccccc3)c3ccccc3)cc2)c(C(c2ccccc2)c2ccccc2)c1.c1ccccc1.c1ccccc1. The first kappa shape index (κ1) is 56.7. The van der Waals surface area contributed by atoms with E-state index in [2.05, 4.69) is 309 Å². The standard InChI is InChI=1S/C71H60N2.2C6H6/c1-3-52-47-62(66(54-29-13-5-14-30-54)55-31-15-6-16-32-55)70(63(48-52)67(56-33-17-7-18-34-56)57-35-19-8-20-36-57)72-45-46-73(51-72)71-64(68(58-37-21-9-22-38-58)59-39-23-10-24-40-59)49-53(4-2)50-65(71)69(60-41-25-11-26-42-60)61-43-27-12-28-44-61;2*1-2-4-6-5-3-1/h5-50,66-69H,3-4H2,1-2H3;2*1-6H. The summed E-state index contributed by atoms with van der Waals surface area (Å²) in [5.41, 5.74) is 19.7. The first-order chi connectivity index (χ1) is 42.2. The Kier molecular flexibility index (Phi) is 19.1. The van der Waals surface area contributed by atoms with E-state index in [-0.39, 0.29) is 23.7 Å². The molecule has 0 aliphatic carbocycles. The van der Waals surface area contributed by atoms with Crippen LogP contribution in [0.25, 0.3) is 11.4 Å². The number of rotatable bonds is 16. The first-order valence-corrected chi connectivity index (χ1v) is 29.9. The predicted molar refractivity (Wildman–Crippen MR) is 353 cm³/mol. The summed E-state index contributed by atoms with van der Waals surface area (Å²) in [6, 6.07) is 122. The Morgan fingerprint density at radius 3 is 0.706 bits per heavy atom. The predicted octanol–water partition coefficient (Wildman–Crippen LogP) is 19.8. The molecule has 85 heavy (non-hydrogen) atoms. The van der Waals surface area contributed by atoms with Gasteiger partial charge in [0.2, 0.25) is 0 Å². The van der Waals surface area contributed by atoms with Crippen molar-refractivity contribution < 1.29 is 4.57 Å². The Bertz CT molecular complexity index is 3350. The zero-order valence-corrected chi connectivity index (χ0v) is 48.6. The molecule has 0 atom stereocenters. The lowest BCUT2D eigenvalue weighted by Crippen LogP contribution is -2.34. The molecule has 414 valence electrons. The highest BCUT2D eigenvalue weighted by Gasteiger charge is 2.32. The van der Waals surface area contributed by atoms with Gasteiger partial charge in [-0.25, -0.2) is 0 Å². The number of hydrogen-bond acceptors (Lipinski definition) is 0. The molecule has 0 N–H and O–H groups in total. The van der Waals surface area contributed by atoms with Gasteiger partial charge in [-0.3, -0.25) is 9.13 Å². The second kappa shape index (κ2) is 28.7. The van der Waals surface area contributed by atoms with Crippen LogP contribution in [0.15, 0.2) is 352 Å². The summed E-state index contributed by atoms with van der Waals surface area (Å²) in [5.74, 6) is -0.296. The highest BCUT2D eigenvalue weighted by Crippen LogP contribution is 2.45. The molecule has 1 heterocycles. The van der Waals surface area contributed by atoms with Crippen LogP contribution in [0.1, 0.15) is 115 Å². The topological polar surface area (TPSA) is 8.81 Å². The van der Waals surface area contributed by atoms with Gasteiger partial charge in [0.1, 0.15) is 0 Å². The van der Waals surface area contributed by atoms with E-state index < -0.39 is 0 Å². The van der Waals surface area contributed by atoms with Crippen LogP contribution >= 0.6 is 0 Å². The molecule has 1 aromatic heterocycles. The molecule has 0 spiro atoms. The molecule has 0 aliphatic rings. The van der Waals surface area contributed by atoms with E-state index in [1.165, 1.54) is 77.9 Å². The zero-order chi connectivity index (χ0) is 57.8. The number of aromatic nitrogens is 2. The summed E-state index contributed by atoms with van der Waals surface area (Å²) < 4.78 is 4.65. The molecule has 13 rings (SSSR count). The summed E-state index contributed by atoms with van der Waals surface area (Å²) in [5, 5.41) is 0. The zero-order valence-electron chi connectivity index (χ0n) is 48.6. The molecule has 13 aromatic rings. The summed E-state index contributed by atoms with van der Waals surface area (Å²) in [6.45, 7) is 4.57. The van der Waals surface area contributed by atoms with E-state index in [4.69, 9.17) is 0 Å². The molecule has 0 fully saturated rings. The molecular weight excluding hydrogens is 1020 g/mol. The van der Waals surface area contributed by atoms with Gasteiger partial charge in [0.05, 0.1) is 11.4 Å². The lowest BCUT2D eigenvalue weighted by Gasteiger charge is -2.30. The normalized spacial score (nSPS) is 11.0. The van der Waals surface area contributed by atoms with E-state index in [0.717, 1.165) is 24.2 Å². The van der Waals surface area contributed by atoms with Gasteiger partial charge in [0.25, 0.3) is 6.33 Å². The number of aryl methyl sites for hydroxylation is 2. The fourth-order valence-corrected chi connectivity index (χ4v) is 12.0. The maximum atomic E-state index is 4.15. The Hall–Kier alpha value is -10.2. The van der Waals surface area contributed by atoms with Crippen molar-refractivity contribution in [3.63, 3.8) is 0 Å². The van der Waals surface area contributed by atoms with Gasteiger partial charge in [-0.1, -0.05) is 354 Å². The van der Waals surface area contributed by atoms with Gasteiger partial charge in [0, 0.05) is 36.1 Å². The quantitative estimate of drug-likeness (QED) is 0.0518. The minimum Gasteiger partial charge on any atom is -0.298 e. The Morgan fingerprint density at radius 2 is 0.482 bits per heavy atom. The van der Waals surface area contributed by atoms with E-state index in [1.54, 1.807) is 0 Å². The third-order valence-electron chi connectivity index (χ3n) is 16.0. The van der Waals surface area contributed by atoms with Crippen molar-refractivity contribution in [1.29, 1.82) is 0 Å². The monoisotopic (exact) mass is 1100 g/mol. The molecule has 0 saturated carbocycles. The van der Waals surface area contributed by atoms with Crippen LogP contribution in [0.2, 0.25) is 0 Å². The smallest absolute Gasteiger partial charge is 0.268 e. The maximum absolute atomic E-state index is 4.15. The number of nitrogens with zero attached hydrogens (tertiary/aromatic N) is 2. The highest BCUT2D eigenvalue weighted by atomic mass is 15.1. The summed E-state index contributed by atoms with van der Waals surface area (Å²) in [4.78, 5) is 0. The molecular formula is C83H72N2. The van der Waals surface area contributed by atoms with Crippen molar-refractivity contribution in [3.8, 4) is 11.4 Å². The molecule has 2 heteroatoms. The minimum atomic E-state index is -0.0739. The summed E-state index contributed by atoms with van der Waals surface area (Å²) in [7, 11) is 0. The summed E-state index contributed by atoms with van der Waals surface area (Å²) in [6.07, 6.45) is 10.4. The third kappa shape index (κ3) is 13.7. The average Bonchev–Trinajstić information content (AvgIpc) is 2.90. The summed E-state index contributed by atoms with van der Waals surface area (Å²) >= 11 is 0. The van der Waals surface area contributed by atoms with Crippen molar-refractivity contribution in [1.82, 2.24) is 4.57 Å². The van der Waals surface area contributed by atoms with Gasteiger partial charge < -0.3 is 0 Å². The lowest BCUT2D eigenvalue weighted by molar-refractivity contribution is -0.600. The molecule has 0 saturated heterocycles. The number of benzene rings is 12.